The van der Waals surface area contributed by atoms with Crippen molar-refractivity contribution in [2.75, 3.05) is 6.54 Å². The maximum Gasteiger partial charge on any atom is 0.0114 e. The van der Waals surface area contributed by atoms with Crippen molar-refractivity contribution in [3.63, 3.8) is 0 Å². The number of hydrogen-bond donors (Lipinski definition) is 1. The van der Waals surface area contributed by atoms with E-state index in [0.29, 0.717) is 5.41 Å². The lowest BCUT2D eigenvalue weighted by molar-refractivity contribution is 0.339. The number of hydrogen-bond acceptors (Lipinski definition) is 2. The van der Waals surface area contributed by atoms with Gasteiger partial charge in [0.25, 0.3) is 0 Å². The fourth-order valence-electron chi connectivity index (χ4n) is 3.06. The van der Waals surface area contributed by atoms with Gasteiger partial charge in [-0.2, -0.15) is 0 Å². The van der Waals surface area contributed by atoms with E-state index in [1.807, 2.05) is 11.3 Å². The first-order valence-corrected chi connectivity index (χ1v) is 6.50. The predicted octanol–water partition coefficient (Wildman–Crippen LogP) is 2.91. The summed E-state index contributed by atoms with van der Waals surface area (Å²) in [5, 5.41) is 2.26. The third kappa shape index (κ3) is 1.17. The smallest absolute Gasteiger partial charge is 0.0114 e. The molecular weight excluding hydrogens is 190 g/mol. The molecule has 1 unspecified atom stereocenters. The number of rotatable bonds is 2. The number of nitrogens with two attached hydrogens (primary N) is 1. The quantitative estimate of drug-likeness (QED) is 0.793. The SMILES string of the molecule is NCCC1c2sccc2CCC12CC2. The van der Waals surface area contributed by atoms with Crippen LogP contribution in [0.1, 0.15) is 42.0 Å². The van der Waals surface area contributed by atoms with Gasteiger partial charge in [0, 0.05) is 10.8 Å². The van der Waals surface area contributed by atoms with Crippen molar-refractivity contribution in [1.82, 2.24) is 0 Å². The molecule has 76 valence electrons. The van der Waals surface area contributed by atoms with Crippen molar-refractivity contribution < 1.29 is 0 Å². The standard InChI is InChI=1S/C12H17NS/c13-7-2-10-11-9(3-8-14-11)1-4-12(10)5-6-12/h3,8,10H,1-2,4-7,13H2. The monoisotopic (exact) mass is 207 g/mol. The van der Waals surface area contributed by atoms with Crippen LogP contribution < -0.4 is 5.73 Å². The molecule has 1 saturated carbocycles. The Kier molecular flexibility index (Phi) is 1.96. The highest BCUT2D eigenvalue weighted by Gasteiger charge is 2.51. The van der Waals surface area contributed by atoms with Crippen molar-refractivity contribution in [2.45, 2.75) is 38.0 Å². The molecule has 0 bridgehead atoms. The summed E-state index contributed by atoms with van der Waals surface area (Å²) in [6, 6.07) is 2.32. The fraction of sp³-hybridized carbons (Fsp3) is 0.667. The van der Waals surface area contributed by atoms with E-state index in [-0.39, 0.29) is 0 Å². The molecule has 1 fully saturated rings. The zero-order chi connectivity index (χ0) is 9.60. The Morgan fingerprint density at radius 2 is 2.29 bits per heavy atom. The molecule has 1 spiro atoms. The summed E-state index contributed by atoms with van der Waals surface area (Å²) in [5.41, 5.74) is 8.05. The molecule has 0 saturated heterocycles. The minimum absolute atomic E-state index is 0.692. The van der Waals surface area contributed by atoms with E-state index in [1.54, 1.807) is 10.4 Å². The zero-order valence-corrected chi connectivity index (χ0v) is 9.28. The van der Waals surface area contributed by atoms with Gasteiger partial charge >= 0.3 is 0 Å². The fourth-order valence-corrected chi connectivity index (χ4v) is 4.29. The number of thiophene rings is 1. The van der Waals surface area contributed by atoms with Gasteiger partial charge in [-0.3, -0.25) is 0 Å². The van der Waals surface area contributed by atoms with Crippen LogP contribution in [0.3, 0.4) is 0 Å². The van der Waals surface area contributed by atoms with Crippen LogP contribution in [0.5, 0.6) is 0 Å². The summed E-state index contributed by atoms with van der Waals surface area (Å²) in [5.74, 6) is 0.802. The lowest BCUT2D eigenvalue weighted by Crippen LogP contribution is -2.22. The Bertz CT molecular complexity index is 338. The van der Waals surface area contributed by atoms with Gasteiger partial charge in [0.15, 0.2) is 0 Å². The molecule has 0 amide bonds. The zero-order valence-electron chi connectivity index (χ0n) is 8.46. The van der Waals surface area contributed by atoms with Crippen molar-refractivity contribution >= 4 is 11.3 Å². The molecular formula is C12H17NS. The first kappa shape index (κ1) is 8.93. The summed E-state index contributed by atoms with van der Waals surface area (Å²) in [7, 11) is 0. The first-order valence-electron chi connectivity index (χ1n) is 5.62. The second-order valence-electron chi connectivity index (χ2n) is 4.80. The molecule has 2 N–H and O–H groups in total. The molecule has 2 aliphatic rings. The van der Waals surface area contributed by atoms with Gasteiger partial charge in [-0.15, -0.1) is 11.3 Å². The maximum atomic E-state index is 5.74. The van der Waals surface area contributed by atoms with E-state index in [4.69, 9.17) is 5.73 Å². The van der Waals surface area contributed by atoms with Crippen LogP contribution in [0.25, 0.3) is 0 Å². The van der Waals surface area contributed by atoms with Crippen LogP contribution in [-0.4, -0.2) is 6.54 Å². The number of aryl methyl sites for hydroxylation is 1. The Hall–Kier alpha value is -0.340. The average Bonchev–Trinajstić information content (AvgIpc) is 2.79. The first-order chi connectivity index (χ1) is 6.86. The normalized spacial score (nSPS) is 27.6. The van der Waals surface area contributed by atoms with Gasteiger partial charge in [-0.1, -0.05) is 0 Å². The molecule has 0 radical (unpaired) electrons. The van der Waals surface area contributed by atoms with E-state index >= 15 is 0 Å². The van der Waals surface area contributed by atoms with Crippen LogP contribution in [0.4, 0.5) is 0 Å². The Morgan fingerprint density at radius 1 is 1.43 bits per heavy atom. The second-order valence-corrected chi connectivity index (χ2v) is 5.75. The highest BCUT2D eigenvalue weighted by Crippen LogP contribution is 2.63. The van der Waals surface area contributed by atoms with E-state index in [1.165, 1.54) is 32.1 Å². The summed E-state index contributed by atoms with van der Waals surface area (Å²) < 4.78 is 0. The van der Waals surface area contributed by atoms with Crippen LogP contribution in [0.2, 0.25) is 0 Å². The van der Waals surface area contributed by atoms with Crippen molar-refractivity contribution in [3.05, 3.63) is 21.9 Å². The summed E-state index contributed by atoms with van der Waals surface area (Å²) in [4.78, 5) is 1.67. The Labute approximate surface area is 89.3 Å². The van der Waals surface area contributed by atoms with Gasteiger partial charge in [0.1, 0.15) is 0 Å². The van der Waals surface area contributed by atoms with Crippen molar-refractivity contribution in [2.24, 2.45) is 11.1 Å². The second kappa shape index (κ2) is 3.07. The highest BCUT2D eigenvalue weighted by molar-refractivity contribution is 7.10. The molecule has 0 aromatic carbocycles. The van der Waals surface area contributed by atoms with Crippen LogP contribution in [-0.2, 0) is 6.42 Å². The summed E-state index contributed by atoms with van der Waals surface area (Å²) in [6.07, 6.45) is 6.85. The maximum absolute atomic E-state index is 5.74. The average molecular weight is 207 g/mol. The Morgan fingerprint density at radius 3 is 3.00 bits per heavy atom. The van der Waals surface area contributed by atoms with Crippen molar-refractivity contribution in [3.8, 4) is 0 Å². The third-order valence-electron chi connectivity index (χ3n) is 4.08. The van der Waals surface area contributed by atoms with Gasteiger partial charge in [0.05, 0.1) is 0 Å². The molecule has 14 heavy (non-hydrogen) atoms. The molecule has 3 rings (SSSR count). The van der Waals surface area contributed by atoms with Crippen LogP contribution in [0, 0.1) is 5.41 Å². The lowest BCUT2D eigenvalue weighted by Gasteiger charge is -2.31. The molecule has 2 aliphatic carbocycles. The van der Waals surface area contributed by atoms with Gasteiger partial charge in [-0.25, -0.2) is 0 Å². The summed E-state index contributed by atoms with van der Waals surface area (Å²) >= 11 is 1.96. The molecule has 2 heteroatoms. The summed E-state index contributed by atoms with van der Waals surface area (Å²) in [6.45, 7) is 0.851. The van der Waals surface area contributed by atoms with E-state index in [0.717, 1.165) is 12.5 Å². The molecule has 1 atom stereocenters. The number of fused-ring (bicyclic) bond motifs is 1. The van der Waals surface area contributed by atoms with E-state index in [9.17, 15) is 0 Å². The molecule has 1 nitrogen and oxygen atoms in total. The lowest BCUT2D eigenvalue weighted by atomic mass is 9.75. The van der Waals surface area contributed by atoms with Crippen LogP contribution in [0.15, 0.2) is 11.4 Å². The molecule has 1 heterocycles. The van der Waals surface area contributed by atoms with Gasteiger partial charge in [0.2, 0.25) is 0 Å². The minimum Gasteiger partial charge on any atom is -0.330 e. The molecule has 0 aliphatic heterocycles. The minimum atomic E-state index is 0.692. The van der Waals surface area contributed by atoms with E-state index in [2.05, 4.69) is 11.4 Å². The van der Waals surface area contributed by atoms with Crippen molar-refractivity contribution in [1.29, 1.82) is 0 Å². The van der Waals surface area contributed by atoms with Gasteiger partial charge in [-0.05, 0) is 61.1 Å². The Balaban J connectivity index is 1.97. The third-order valence-corrected chi connectivity index (χ3v) is 5.15. The van der Waals surface area contributed by atoms with E-state index < -0.39 is 0 Å². The predicted molar refractivity (Wildman–Crippen MR) is 60.7 cm³/mol. The van der Waals surface area contributed by atoms with Gasteiger partial charge < -0.3 is 5.73 Å². The highest BCUT2D eigenvalue weighted by atomic mass is 32.1. The molecule has 1 aromatic rings. The van der Waals surface area contributed by atoms with Crippen LogP contribution >= 0.6 is 11.3 Å². The largest absolute Gasteiger partial charge is 0.330 e. The molecule has 1 aromatic heterocycles. The topological polar surface area (TPSA) is 26.0 Å².